The van der Waals surface area contributed by atoms with Gasteiger partial charge in [-0.1, -0.05) is 42.5 Å². The number of fused-ring (bicyclic) bond motifs is 1. The number of hydrogen-bond acceptors (Lipinski definition) is 6. The van der Waals surface area contributed by atoms with E-state index in [-0.39, 0.29) is 17.7 Å². The number of halogens is 2. The molecule has 10 heteroatoms. The van der Waals surface area contributed by atoms with Gasteiger partial charge in [-0.25, -0.2) is 20.1 Å². The molecule has 3 aromatic carbocycles. The van der Waals surface area contributed by atoms with Crippen molar-refractivity contribution in [1.82, 2.24) is 15.8 Å². The van der Waals surface area contributed by atoms with Gasteiger partial charge in [0.1, 0.15) is 0 Å². The molecule has 3 rings (SSSR count). The Morgan fingerprint density at radius 2 is 1.75 bits per heavy atom. The van der Waals surface area contributed by atoms with Gasteiger partial charge in [-0.15, -0.1) is 0 Å². The van der Waals surface area contributed by atoms with E-state index < -0.39 is 35.0 Å². The Hall–Kier alpha value is -4.02. The van der Waals surface area contributed by atoms with E-state index in [0.29, 0.717) is 6.42 Å². The molecule has 0 aliphatic rings. The summed E-state index contributed by atoms with van der Waals surface area (Å²) in [6.45, 7) is 3.23. The quantitative estimate of drug-likeness (QED) is 0.175. The molecule has 0 aliphatic heterocycles. The van der Waals surface area contributed by atoms with Gasteiger partial charge in [-0.05, 0) is 54.8 Å². The minimum Gasteiger partial charge on any atom is -0.399 e. The number of hydrazine groups is 1. The molecule has 0 heterocycles. The second-order valence-electron chi connectivity index (χ2n) is 9.02. The molecular weight excluding hydrogens is 468 g/mol. The van der Waals surface area contributed by atoms with Crippen LogP contribution in [0.25, 0.3) is 10.8 Å². The van der Waals surface area contributed by atoms with Crippen molar-refractivity contribution < 1.29 is 23.6 Å². The molecule has 2 amide bonds. The molecule has 3 aromatic rings. The van der Waals surface area contributed by atoms with Crippen molar-refractivity contribution >= 4 is 22.6 Å². The van der Waals surface area contributed by atoms with Crippen molar-refractivity contribution in [3.63, 3.8) is 0 Å². The molecule has 8 nitrogen and oxygen atoms in total. The molecule has 0 aliphatic carbocycles. The van der Waals surface area contributed by atoms with Crippen LogP contribution in [-0.4, -0.2) is 33.6 Å². The van der Waals surface area contributed by atoms with Crippen molar-refractivity contribution in [2.75, 3.05) is 0 Å². The number of carbonyl (C=O) groups excluding carboxylic acids is 2. The molecule has 1 atom stereocenters. The van der Waals surface area contributed by atoms with Crippen LogP contribution in [-0.2, 0) is 11.2 Å². The SMILES string of the molecule is CC(C)(NC(=O)c1ccc(F)c(F)c1)/C(N)=C/N(N)C(CC(=O)NO)Cc1ccc2ccccc2c1. The van der Waals surface area contributed by atoms with Crippen LogP contribution in [0, 0.1) is 11.6 Å². The summed E-state index contributed by atoms with van der Waals surface area (Å²) in [7, 11) is 0. The normalized spacial score (nSPS) is 12.8. The molecule has 0 radical (unpaired) electrons. The monoisotopic (exact) mass is 497 g/mol. The van der Waals surface area contributed by atoms with Crippen LogP contribution >= 0.6 is 0 Å². The first-order valence-electron chi connectivity index (χ1n) is 11.2. The maximum atomic E-state index is 13.5. The Labute approximate surface area is 207 Å². The van der Waals surface area contributed by atoms with Crippen LogP contribution in [0.4, 0.5) is 8.78 Å². The van der Waals surface area contributed by atoms with Crippen molar-refractivity contribution in [3.8, 4) is 0 Å². The Bertz CT molecular complexity index is 1300. The maximum Gasteiger partial charge on any atom is 0.252 e. The van der Waals surface area contributed by atoms with Gasteiger partial charge in [0.15, 0.2) is 11.6 Å². The summed E-state index contributed by atoms with van der Waals surface area (Å²) < 4.78 is 26.7. The third-order valence-corrected chi connectivity index (χ3v) is 5.87. The number of nitrogens with one attached hydrogen (secondary N) is 2. The standard InChI is InChI=1S/C26H29F2N5O3/c1-26(2,31-25(35)19-9-10-21(27)22(28)13-19)23(29)15-33(30)20(14-24(34)32-36)12-16-7-8-17-5-3-4-6-18(17)11-16/h3-11,13,15,20,36H,12,14,29-30H2,1-2H3,(H,31,35)(H,32,34)/b23-15-. The van der Waals surface area contributed by atoms with Crippen molar-refractivity contribution in [2.24, 2.45) is 11.6 Å². The van der Waals surface area contributed by atoms with Crippen LogP contribution in [0.2, 0.25) is 0 Å². The molecule has 0 aromatic heterocycles. The third kappa shape index (κ3) is 6.55. The van der Waals surface area contributed by atoms with Gasteiger partial charge < -0.3 is 16.1 Å². The van der Waals surface area contributed by atoms with E-state index in [1.807, 2.05) is 42.5 Å². The van der Waals surface area contributed by atoms with Crippen molar-refractivity contribution in [3.05, 3.63) is 95.3 Å². The summed E-state index contributed by atoms with van der Waals surface area (Å²) >= 11 is 0. The first kappa shape index (κ1) is 26.6. The summed E-state index contributed by atoms with van der Waals surface area (Å²) in [4.78, 5) is 24.5. The van der Waals surface area contributed by atoms with Crippen LogP contribution in [0.5, 0.6) is 0 Å². The Balaban J connectivity index is 1.79. The average Bonchev–Trinajstić information content (AvgIpc) is 2.84. The topological polar surface area (TPSA) is 134 Å². The molecular formula is C26H29F2N5O3. The van der Waals surface area contributed by atoms with E-state index in [1.54, 1.807) is 19.3 Å². The number of amides is 2. The number of nitrogens with zero attached hydrogens (tertiary/aromatic N) is 1. The predicted molar refractivity (Wildman–Crippen MR) is 132 cm³/mol. The van der Waals surface area contributed by atoms with Crippen molar-refractivity contribution in [1.29, 1.82) is 0 Å². The highest BCUT2D eigenvalue weighted by Crippen LogP contribution is 2.20. The zero-order chi connectivity index (χ0) is 26.5. The van der Waals surface area contributed by atoms with Crippen molar-refractivity contribution in [2.45, 2.75) is 38.3 Å². The Morgan fingerprint density at radius 1 is 1.06 bits per heavy atom. The molecule has 0 saturated carbocycles. The number of hydroxylamine groups is 1. The second-order valence-corrected chi connectivity index (χ2v) is 9.02. The highest BCUT2D eigenvalue weighted by atomic mass is 19.2. The fourth-order valence-corrected chi connectivity index (χ4v) is 3.67. The number of rotatable bonds is 9. The zero-order valence-corrected chi connectivity index (χ0v) is 20.0. The summed E-state index contributed by atoms with van der Waals surface area (Å²) in [6.07, 6.45) is 1.62. The molecule has 0 fully saturated rings. The zero-order valence-electron chi connectivity index (χ0n) is 20.0. The van der Waals surface area contributed by atoms with Gasteiger partial charge in [-0.3, -0.25) is 14.8 Å². The third-order valence-electron chi connectivity index (χ3n) is 5.87. The summed E-state index contributed by atoms with van der Waals surface area (Å²) in [5.74, 6) is 2.77. The summed E-state index contributed by atoms with van der Waals surface area (Å²) in [6, 6.07) is 16.0. The predicted octanol–water partition coefficient (Wildman–Crippen LogP) is 3.11. The number of hydrogen-bond donors (Lipinski definition) is 5. The average molecular weight is 498 g/mol. The van der Waals surface area contributed by atoms with Gasteiger partial charge in [0.25, 0.3) is 5.91 Å². The minimum atomic E-state index is -1.14. The molecule has 36 heavy (non-hydrogen) atoms. The largest absolute Gasteiger partial charge is 0.399 e. The Morgan fingerprint density at radius 3 is 2.42 bits per heavy atom. The van der Waals surface area contributed by atoms with Gasteiger partial charge in [0.2, 0.25) is 5.91 Å². The van der Waals surface area contributed by atoms with Crippen LogP contribution in [0.1, 0.15) is 36.2 Å². The highest BCUT2D eigenvalue weighted by molar-refractivity contribution is 5.94. The summed E-state index contributed by atoms with van der Waals surface area (Å²) in [5, 5.41) is 15.0. The molecule has 7 N–H and O–H groups in total. The molecule has 0 spiro atoms. The highest BCUT2D eigenvalue weighted by Gasteiger charge is 2.27. The first-order valence-corrected chi connectivity index (χ1v) is 11.2. The van der Waals surface area contributed by atoms with Crippen LogP contribution in [0.15, 0.2) is 72.6 Å². The molecule has 1 unspecified atom stereocenters. The lowest BCUT2D eigenvalue weighted by Crippen LogP contribution is -2.49. The van der Waals surface area contributed by atoms with E-state index in [2.05, 4.69) is 5.32 Å². The Kier molecular flexibility index (Phi) is 8.23. The van der Waals surface area contributed by atoms with Gasteiger partial charge >= 0.3 is 0 Å². The van der Waals surface area contributed by atoms with E-state index >= 15 is 0 Å². The lowest BCUT2D eigenvalue weighted by atomic mass is 9.98. The van der Waals surface area contributed by atoms with Gasteiger partial charge in [0, 0.05) is 11.8 Å². The van der Waals surface area contributed by atoms with Crippen LogP contribution in [0.3, 0.4) is 0 Å². The minimum absolute atomic E-state index is 0.0758. The lowest BCUT2D eigenvalue weighted by Gasteiger charge is -2.31. The van der Waals surface area contributed by atoms with E-state index in [4.69, 9.17) is 16.8 Å². The van der Waals surface area contributed by atoms with Gasteiger partial charge in [-0.2, -0.15) is 0 Å². The number of carbonyl (C=O) groups is 2. The van der Waals surface area contributed by atoms with Crippen LogP contribution < -0.4 is 22.4 Å². The van der Waals surface area contributed by atoms with Gasteiger partial charge in [0.05, 0.1) is 23.7 Å². The first-order chi connectivity index (χ1) is 17.0. The smallest absolute Gasteiger partial charge is 0.252 e. The molecule has 0 bridgehead atoms. The summed E-state index contributed by atoms with van der Waals surface area (Å²) in [5.41, 5.74) is 7.71. The number of nitrogens with two attached hydrogens (primary N) is 2. The number of benzene rings is 3. The van der Waals surface area contributed by atoms with E-state index in [9.17, 15) is 18.4 Å². The maximum absolute atomic E-state index is 13.5. The fraction of sp³-hybridized carbons (Fsp3) is 0.231. The molecule has 0 saturated heterocycles. The lowest BCUT2D eigenvalue weighted by molar-refractivity contribution is -0.130. The fourth-order valence-electron chi connectivity index (χ4n) is 3.67. The molecule has 190 valence electrons. The van der Waals surface area contributed by atoms with E-state index in [1.165, 1.54) is 11.2 Å². The van der Waals surface area contributed by atoms with E-state index in [0.717, 1.165) is 34.5 Å². The second kappa shape index (κ2) is 11.1.